The molecule has 0 saturated heterocycles. The van der Waals surface area contributed by atoms with Crippen molar-refractivity contribution >= 4 is 27.3 Å². The molecule has 0 saturated carbocycles. The van der Waals surface area contributed by atoms with E-state index in [-0.39, 0.29) is 17.1 Å². The van der Waals surface area contributed by atoms with Gasteiger partial charge in [0.1, 0.15) is 4.90 Å². The van der Waals surface area contributed by atoms with Crippen molar-refractivity contribution in [1.29, 1.82) is 0 Å². The molecule has 1 unspecified atom stereocenters. The smallest absolute Gasteiger partial charge is 0.242 e. The first-order valence-corrected chi connectivity index (χ1v) is 6.92. The molecule has 0 fully saturated rings. The number of benzene rings is 1. The van der Waals surface area contributed by atoms with Crippen LogP contribution in [0, 0.1) is 0 Å². The van der Waals surface area contributed by atoms with Crippen molar-refractivity contribution in [2.45, 2.75) is 24.3 Å². The molecule has 17 heavy (non-hydrogen) atoms. The zero-order valence-electron chi connectivity index (χ0n) is 9.35. The molecule has 0 aliphatic rings. The van der Waals surface area contributed by atoms with Crippen LogP contribution in [0.3, 0.4) is 0 Å². The molecule has 96 valence electrons. The average Bonchev–Trinajstić information content (AvgIpc) is 2.15. The van der Waals surface area contributed by atoms with Gasteiger partial charge in [-0.25, -0.2) is 13.1 Å². The Morgan fingerprint density at radius 2 is 2.18 bits per heavy atom. The molecule has 0 heterocycles. The Labute approximate surface area is 106 Å². The van der Waals surface area contributed by atoms with Gasteiger partial charge in [0.05, 0.1) is 11.8 Å². The number of nitrogen functional groups attached to an aromatic ring is 1. The van der Waals surface area contributed by atoms with Crippen molar-refractivity contribution in [3.63, 3.8) is 0 Å². The fourth-order valence-electron chi connectivity index (χ4n) is 1.24. The summed E-state index contributed by atoms with van der Waals surface area (Å²) in [7, 11) is -3.65. The van der Waals surface area contributed by atoms with Crippen molar-refractivity contribution in [2.75, 3.05) is 12.3 Å². The van der Waals surface area contributed by atoms with Gasteiger partial charge in [-0.05, 0) is 31.5 Å². The summed E-state index contributed by atoms with van der Waals surface area (Å²) in [5.74, 6) is 0. The van der Waals surface area contributed by atoms with Gasteiger partial charge >= 0.3 is 0 Å². The molecule has 1 rings (SSSR count). The van der Waals surface area contributed by atoms with E-state index in [4.69, 9.17) is 22.4 Å². The number of hydrogen-bond donors (Lipinski definition) is 3. The van der Waals surface area contributed by atoms with Gasteiger partial charge in [0.2, 0.25) is 10.0 Å². The molecule has 0 spiro atoms. The lowest BCUT2D eigenvalue weighted by Gasteiger charge is -2.10. The standard InChI is InChI=1S/C10H15ClN2O3S/c1-7(14)4-5-13-17(15,16)10-3-2-8(11)6-9(10)12/h2-3,6-7,13-14H,4-5,12H2,1H3. The Morgan fingerprint density at radius 3 is 2.71 bits per heavy atom. The molecule has 5 nitrogen and oxygen atoms in total. The van der Waals surface area contributed by atoms with E-state index in [1.165, 1.54) is 18.2 Å². The molecular weight excluding hydrogens is 264 g/mol. The van der Waals surface area contributed by atoms with Gasteiger partial charge in [-0.1, -0.05) is 11.6 Å². The molecule has 0 radical (unpaired) electrons. The lowest BCUT2D eigenvalue weighted by Crippen LogP contribution is -2.27. The summed E-state index contributed by atoms with van der Waals surface area (Å²) < 4.78 is 26.0. The molecule has 7 heteroatoms. The SMILES string of the molecule is CC(O)CCNS(=O)(=O)c1ccc(Cl)cc1N. The van der Waals surface area contributed by atoms with E-state index >= 15 is 0 Å². The summed E-state index contributed by atoms with van der Waals surface area (Å²) in [6, 6.07) is 4.19. The first kappa shape index (κ1) is 14.2. The van der Waals surface area contributed by atoms with Crippen molar-refractivity contribution in [3.05, 3.63) is 23.2 Å². The largest absolute Gasteiger partial charge is 0.398 e. The van der Waals surface area contributed by atoms with E-state index in [2.05, 4.69) is 4.72 Å². The fraction of sp³-hybridized carbons (Fsp3) is 0.400. The van der Waals surface area contributed by atoms with E-state index in [1.54, 1.807) is 6.92 Å². The quantitative estimate of drug-likeness (QED) is 0.700. The van der Waals surface area contributed by atoms with E-state index in [1.807, 2.05) is 0 Å². The maximum absolute atomic E-state index is 11.8. The topological polar surface area (TPSA) is 92.4 Å². The van der Waals surface area contributed by atoms with Gasteiger partial charge in [0.25, 0.3) is 0 Å². The van der Waals surface area contributed by atoms with E-state index in [9.17, 15) is 8.42 Å². The first-order valence-electron chi connectivity index (χ1n) is 5.05. The van der Waals surface area contributed by atoms with Crippen LogP contribution in [-0.4, -0.2) is 26.2 Å². The predicted molar refractivity (Wildman–Crippen MR) is 67.4 cm³/mol. The van der Waals surface area contributed by atoms with Crippen LogP contribution in [0.25, 0.3) is 0 Å². The molecule has 0 aliphatic carbocycles. The third-order valence-electron chi connectivity index (χ3n) is 2.12. The van der Waals surface area contributed by atoms with Crippen LogP contribution in [0.5, 0.6) is 0 Å². The molecular formula is C10H15ClN2O3S. The second kappa shape index (κ2) is 5.68. The molecule has 0 bridgehead atoms. The van der Waals surface area contributed by atoms with Crippen LogP contribution in [-0.2, 0) is 10.0 Å². The minimum atomic E-state index is -3.65. The number of sulfonamides is 1. The van der Waals surface area contributed by atoms with Gasteiger partial charge in [0.15, 0.2) is 0 Å². The Bertz CT molecular complexity index is 488. The molecule has 0 amide bonds. The number of nitrogens with two attached hydrogens (primary N) is 1. The number of hydrogen-bond acceptors (Lipinski definition) is 4. The Hall–Kier alpha value is -0.820. The monoisotopic (exact) mass is 278 g/mol. The predicted octanol–water partition coefficient (Wildman–Crippen LogP) is 0.971. The number of halogens is 1. The summed E-state index contributed by atoms with van der Waals surface area (Å²) in [6.45, 7) is 1.74. The van der Waals surface area contributed by atoms with Gasteiger partial charge in [-0.2, -0.15) is 0 Å². The lowest BCUT2D eigenvalue weighted by atomic mass is 10.3. The zero-order chi connectivity index (χ0) is 13.1. The third kappa shape index (κ3) is 4.16. The molecule has 1 atom stereocenters. The highest BCUT2D eigenvalue weighted by Crippen LogP contribution is 2.22. The Kier molecular flexibility index (Phi) is 4.76. The molecule has 0 aromatic heterocycles. The highest BCUT2D eigenvalue weighted by Gasteiger charge is 2.17. The Morgan fingerprint density at radius 1 is 1.53 bits per heavy atom. The number of aliphatic hydroxyl groups excluding tert-OH is 1. The van der Waals surface area contributed by atoms with Crippen molar-refractivity contribution in [2.24, 2.45) is 0 Å². The van der Waals surface area contributed by atoms with Crippen LogP contribution in [0.2, 0.25) is 5.02 Å². The van der Waals surface area contributed by atoms with Crippen molar-refractivity contribution in [1.82, 2.24) is 4.72 Å². The molecule has 0 aliphatic heterocycles. The van der Waals surface area contributed by atoms with E-state index in [0.717, 1.165) is 0 Å². The van der Waals surface area contributed by atoms with E-state index < -0.39 is 16.1 Å². The van der Waals surface area contributed by atoms with Crippen LogP contribution in [0.15, 0.2) is 23.1 Å². The normalized spacial score (nSPS) is 13.6. The van der Waals surface area contributed by atoms with Gasteiger partial charge in [-0.3, -0.25) is 0 Å². The maximum Gasteiger partial charge on any atom is 0.242 e. The summed E-state index contributed by atoms with van der Waals surface area (Å²) in [6.07, 6.45) is -0.215. The first-order chi connectivity index (χ1) is 7.83. The summed E-state index contributed by atoms with van der Waals surface area (Å²) in [5, 5.41) is 9.41. The molecule has 1 aromatic rings. The van der Waals surface area contributed by atoms with Crippen molar-refractivity contribution in [3.8, 4) is 0 Å². The van der Waals surface area contributed by atoms with Crippen molar-refractivity contribution < 1.29 is 13.5 Å². The summed E-state index contributed by atoms with van der Waals surface area (Å²) >= 11 is 5.68. The number of aliphatic hydroxyl groups is 1. The van der Waals surface area contributed by atoms with Gasteiger partial charge < -0.3 is 10.8 Å². The second-order valence-corrected chi connectivity index (χ2v) is 5.89. The highest BCUT2D eigenvalue weighted by molar-refractivity contribution is 7.89. The highest BCUT2D eigenvalue weighted by atomic mass is 35.5. The van der Waals surface area contributed by atoms with Gasteiger partial charge in [0, 0.05) is 11.6 Å². The minimum absolute atomic E-state index is 0.00695. The average molecular weight is 279 g/mol. The maximum atomic E-state index is 11.8. The second-order valence-electron chi connectivity index (χ2n) is 3.72. The third-order valence-corrected chi connectivity index (χ3v) is 3.89. The fourth-order valence-corrected chi connectivity index (χ4v) is 2.58. The number of anilines is 1. The molecule has 1 aromatic carbocycles. The van der Waals surface area contributed by atoms with Crippen LogP contribution >= 0.6 is 11.6 Å². The minimum Gasteiger partial charge on any atom is -0.398 e. The number of rotatable bonds is 5. The zero-order valence-corrected chi connectivity index (χ0v) is 10.9. The number of nitrogens with one attached hydrogen (secondary N) is 1. The summed E-state index contributed by atoms with van der Waals surface area (Å²) in [4.78, 5) is -0.00695. The van der Waals surface area contributed by atoms with Crippen LogP contribution in [0.1, 0.15) is 13.3 Å². The van der Waals surface area contributed by atoms with Gasteiger partial charge in [-0.15, -0.1) is 0 Å². The lowest BCUT2D eigenvalue weighted by molar-refractivity contribution is 0.186. The molecule has 4 N–H and O–H groups in total. The van der Waals surface area contributed by atoms with E-state index in [0.29, 0.717) is 11.4 Å². The summed E-state index contributed by atoms with van der Waals surface area (Å²) in [5.41, 5.74) is 5.69. The Balaban J connectivity index is 2.83. The van der Waals surface area contributed by atoms with Crippen LogP contribution in [0.4, 0.5) is 5.69 Å². The van der Waals surface area contributed by atoms with Crippen LogP contribution < -0.4 is 10.5 Å².